The third-order valence-corrected chi connectivity index (χ3v) is 1.97. The van der Waals surface area contributed by atoms with Crippen LogP contribution in [-0.2, 0) is 5.41 Å². The molecule has 0 bridgehead atoms. The van der Waals surface area contributed by atoms with Crippen LogP contribution >= 0.6 is 0 Å². The molecule has 1 heterocycles. The number of Topliss-reactive ketones (excluding diaryl/α,β-unsaturated/α-hetero) is 1. The quantitative estimate of drug-likeness (QED) is 0.679. The summed E-state index contributed by atoms with van der Waals surface area (Å²) in [5.74, 6) is -0.488. The van der Waals surface area contributed by atoms with Crippen LogP contribution in [0.3, 0.4) is 0 Å². The first-order chi connectivity index (χ1) is 6.45. The first kappa shape index (κ1) is 10.8. The van der Waals surface area contributed by atoms with Crippen LogP contribution in [0.1, 0.15) is 36.8 Å². The average molecular weight is 195 g/mol. The predicted molar refractivity (Wildman–Crippen MR) is 53.2 cm³/mol. The Balaban J connectivity index is 3.08. The molecule has 0 aliphatic rings. The molecule has 0 spiro atoms. The Morgan fingerprint density at radius 3 is 2.64 bits per heavy atom. The zero-order chi connectivity index (χ0) is 10.8. The third kappa shape index (κ3) is 2.37. The lowest BCUT2D eigenvalue weighted by molar-refractivity contribution is 0.0958. The summed E-state index contributed by atoms with van der Waals surface area (Å²) >= 11 is 0. The van der Waals surface area contributed by atoms with E-state index in [4.69, 9.17) is 0 Å². The van der Waals surface area contributed by atoms with E-state index in [1.54, 1.807) is 12.3 Å². The summed E-state index contributed by atoms with van der Waals surface area (Å²) in [7, 11) is 0. The van der Waals surface area contributed by atoms with E-state index < -0.39 is 12.5 Å². The van der Waals surface area contributed by atoms with Crippen LogP contribution in [0.2, 0.25) is 0 Å². The van der Waals surface area contributed by atoms with Gasteiger partial charge in [0.15, 0.2) is 12.5 Å². The number of rotatable bonds is 2. The van der Waals surface area contributed by atoms with Gasteiger partial charge in [0.05, 0.1) is 0 Å². The molecule has 2 nitrogen and oxygen atoms in total. The topological polar surface area (TPSA) is 30.0 Å². The number of nitrogens with zero attached hydrogens (tertiary/aromatic N) is 1. The molecule has 0 saturated heterocycles. The molecule has 3 heteroatoms. The molecular weight excluding hydrogens is 181 g/mol. The number of halogens is 1. The van der Waals surface area contributed by atoms with Gasteiger partial charge in [-0.05, 0) is 12.1 Å². The lowest BCUT2D eigenvalue weighted by atomic mass is 9.90. The van der Waals surface area contributed by atoms with Gasteiger partial charge in [-0.3, -0.25) is 9.78 Å². The van der Waals surface area contributed by atoms with Crippen molar-refractivity contribution in [3.8, 4) is 0 Å². The number of hydrogen-bond acceptors (Lipinski definition) is 2. The molecule has 76 valence electrons. The van der Waals surface area contributed by atoms with Gasteiger partial charge in [-0.25, -0.2) is 4.39 Å². The fraction of sp³-hybridized carbons (Fsp3) is 0.455. The summed E-state index contributed by atoms with van der Waals surface area (Å²) < 4.78 is 12.1. The van der Waals surface area contributed by atoms with E-state index in [0.29, 0.717) is 5.56 Å². The van der Waals surface area contributed by atoms with Crippen molar-refractivity contribution in [2.24, 2.45) is 0 Å². The Hall–Kier alpha value is -1.25. The highest BCUT2D eigenvalue weighted by Gasteiger charge is 2.16. The predicted octanol–water partition coefficient (Wildman–Crippen LogP) is 2.53. The second kappa shape index (κ2) is 3.86. The first-order valence-electron chi connectivity index (χ1n) is 4.51. The van der Waals surface area contributed by atoms with Crippen LogP contribution in [-0.4, -0.2) is 17.4 Å². The standard InChI is InChI=1S/C11H14FNO/c1-11(2,3)10-6-8(4-5-13-10)9(14)7-12/h4-6H,7H2,1-3H3. The van der Waals surface area contributed by atoms with Crippen molar-refractivity contribution in [3.05, 3.63) is 29.6 Å². The Morgan fingerprint density at radius 2 is 2.14 bits per heavy atom. The average Bonchev–Trinajstić information content (AvgIpc) is 2.15. The Morgan fingerprint density at radius 1 is 1.50 bits per heavy atom. The molecule has 0 fully saturated rings. The minimum absolute atomic E-state index is 0.118. The summed E-state index contributed by atoms with van der Waals surface area (Å²) in [5.41, 5.74) is 1.08. The minimum Gasteiger partial charge on any atom is -0.291 e. The second-order valence-corrected chi connectivity index (χ2v) is 4.24. The molecule has 0 saturated carbocycles. The van der Waals surface area contributed by atoms with Gasteiger partial charge in [0.1, 0.15) is 0 Å². The molecule has 0 aliphatic heterocycles. The van der Waals surface area contributed by atoms with Crippen molar-refractivity contribution in [3.63, 3.8) is 0 Å². The van der Waals surface area contributed by atoms with Crippen molar-refractivity contribution in [2.75, 3.05) is 6.67 Å². The van der Waals surface area contributed by atoms with E-state index >= 15 is 0 Å². The zero-order valence-corrected chi connectivity index (χ0v) is 8.67. The molecule has 1 rings (SSSR count). The lowest BCUT2D eigenvalue weighted by Gasteiger charge is -2.17. The second-order valence-electron chi connectivity index (χ2n) is 4.24. The fourth-order valence-corrected chi connectivity index (χ4v) is 1.09. The molecule has 1 aromatic heterocycles. The van der Waals surface area contributed by atoms with Crippen molar-refractivity contribution in [1.82, 2.24) is 4.98 Å². The summed E-state index contributed by atoms with van der Waals surface area (Å²) in [5, 5.41) is 0. The van der Waals surface area contributed by atoms with Crippen molar-refractivity contribution in [1.29, 1.82) is 0 Å². The monoisotopic (exact) mass is 195 g/mol. The van der Waals surface area contributed by atoms with Crippen molar-refractivity contribution in [2.45, 2.75) is 26.2 Å². The fourth-order valence-electron chi connectivity index (χ4n) is 1.09. The number of ketones is 1. The molecule has 0 aromatic carbocycles. The largest absolute Gasteiger partial charge is 0.291 e. The Labute approximate surface area is 83.2 Å². The molecule has 0 aliphatic carbocycles. The van der Waals surface area contributed by atoms with Gasteiger partial charge >= 0.3 is 0 Å². The molecule has 0 radical (unpaired) electrons. The highest BCUT2D eigenvalue weighted by Crippen LogP contribution is 2.20. The summed E-state index contributed by atoms with van der Waals surface area (Å²) in [4.78, 5) is 15.2. The van der Waals surface area contributed by atoms with Crippen LogP contribution in [0.5, 0.6) is 0 Å². The molecule has 0 atom stereocenters. The van der Waals surface area contributed by atoms with Crippen LogP contribution < -0.4 is 0 Å². The number of pyridine rings is 1. The third-order valence-electron chi connectivity index (χ3n) is 1.97. The molecule has 0 unspecified atom stereocenters. The Kier molecular flexibility index (Phi) is 2.99. The van der Waals surface area contributed by atoms with Gasteiger partial charge in [0.2, 0.25) is 0 Å². The number of alkyl halides is 1. The SMILES string of the molecule is CC(C)(C)c1cc(C(=O)CF)ccn1. The van der Waals surface area contributed by atoms with Gasteiger partial charge < -0.3 is 0 Å². The first-order valence-corrected chi connectivity index (χ1v) is 4.51. The number of carbonyl (C=O) groups is 1. The summed E-state index contributed by atoms with van der Waals surface area (Å²) in [6.07, 6.45) is 1.55. The lowest BCUT2D eigenvalue weighted by Crippen LogP contribution is -2.14. The van der Waals surface area contributed by atoms with Crippen LogP contribution in [0.4, 0.5) is 4.39 Å². The van der Waals surface area contributed by atoms with Gasteiger partial charge in [0, 0.05) is 22.9 Å². The van der Waals surface area contributed by atoms with Crippen LogP contribution in [0.25, 0.3) is 0 Å². The normalized spacial score (nSPS) is 11.4. The van der Waals surface area contributed by atoms with Crippen LogP contribution in [0.15, 0.2) is 18.3 Å². The highest BCUT2D eigenvalue weighted by molar-refractivity contribution is 5.97. The maximum atomic E-state index is 12.1. The minimum atomic E-state index is -0.951. The van der Waals surface area contributed by atoms with E-state index in [1.807, 2.05) is 20.8 Å². The maximum Gasteiger partial charge on any atom is 0.193 e. The van der Waals surface area contributed by atoms with E-state index in [2.05, 4.69) is 4.98 Å². The number of aromatic nitrogens is 1. The molecular formula is C11H14FNO. The van der Waals surface area contributed by atoms with E-state index in [9.17, 15) is 9.18 Å². The summed E-state index contributed by atoms with van der Waals surface area (Å²) in [6.45, 7) is 5.05. The van der Waals surface area contributed by atoms with E-state index in [1.165, 1.54) is 6.07 Å². The molecule has 0 amide bonds. The smallest absolute Gasteiger partial charge is 0.193 e. The van der Waals surface area contributed by atoms with Gasteiger partial charge in [-0.15, -0.1) is 0 Å². The van der Waals surface area contributed by atoms with E-state index in [-0.39, 0.29) is 5.41 Å². The molecule has 0 N–H and O–H groups in total. The summed E-state index contributed by atoms with van der Waals surface area (Å²) in [6, 6.07) is 3.19. The maximum absolute atomic E-state index is 12.1. The zero-order valence-electron chi connectivity index (χ0n) is 8.67. The van der Waals surface area contributed by atoms with Gasteiger partial charge in [-0.2, -0.15) is 0 Å². The number of hydrogen-bond donors (Lipinski definition) is 0. The van der Waals surface area contributed by atoms with Crippen LogP contribution in [0, 0.1) is 0 Å². The van der Waals surface area contributed by atoms with Gasteiger partial charge in [0.25, 0.3) is 0 Å². The van der Waals surface area contributed by atoms with Crippen molar-refractivity contribution >= 4 is 5.78 Å². The Bertz CT molecular complexity index is 341. The van der Waals surface area contributed by atoms with E-state index in [0.717, 1.165) is 5.69 Å². The van der Waals surface area contributed by atoms with Crippen molar-refractivity contribution < 1.29 is 9.18 Å². The molecule has 1 aromatic rings. The van der Waals surface area contributed by atoms with Gasteiger partial charge in [-0.1, -0.05) is 20.8 Å². The highest BCUT2D eigenvalue weighted by atomic mass is 19.1. The number of carbonyl (C=O) groups excluding carboxylic acids is 1. The molecule has 14 heavy (non-hydrogen) atoms.